The van der Waals surface area contributed by atoms with Gasteiger partial charge in [0.15, 0.2) is 5.82 Å². The van der Waals surface area contributed by atoms with Gasteiger partial charge < -0.3 is 15.3 Å². The number of nitrogens with zero attached hydrogens (tertiary/aromatic N) is 2. The molecule has 2 rings (SSSR count). The average Bonchev–Trinajstić information content (AvgIpc) is 2.84. The van der Waals surface area contributed by atoms with Gasteiger partial charge >= 0.3 is 0 Å². The first kappa shape index (κ1) is 14.0. The number of nitrogens with one attached hydrogen (secondary N) is 2. The van der Waals surface area contributed by atoms with Gasteiger partial charge in [-0.2, -0.15) is 4.98 Å². The fourth-order valence-electron chi connectivity index (χ4n) is 1.80. The third-order valence-electron chi connectivity index (χ3n) is 2.78. The lowest BCUT2D eigenvalue weighted by molar-refractivity contribution is 0.0954. The fourth-order valence-corrected chi connectivity index (χ4v) is 1.80. The van der Waals surface area contributed by atoms with Gasteiger partial charge in [-0.1, -0.05) is 11.2 Å². The monoisotopic (exact) mass is 275 g/mol. The van der Waals surface area contributed by atoms with Crippen molar-refractivity contribution in [2.24, 2.45) is 5.84 Å². The smallest absolute Gasteiger partial charge is 0.253 e. The molecule has 106 valence electrons. The third kappa shape index (κ3) is 3.33. The van der Waals surface area contributed by atoms with Gasteiger partial charge in [0.05, 0.1) is 11.3 Å². The molecule has 1 heterocycles. The van der Waals surface area contributed by atoms with Crippen LogP contribution in [0.4, 0.5) is 5.69 Å². The maximum atomic E-state index is 12.1. The van der Waals surface area contributed by atoms with E-state index in [2.05, 4.69) is 20.9 Å². The zero-order valence-electron chi connectivity index (χ0n) is 11.4. The predicted molar refractivity (Wildman–Crippen MR) is 74.1 cm³/mol. The number of anilines is 1. The Morgan fingerprint density at radius 1 is 1.40 bits per heavy atom. The van der Waals surface area contributed by atoms with E-state index in [0.29, 0.717) is 35.9 Å². The average molecular weight is 275 g/mol. The van der Waals surface area contributed by atoms with Crippen LogP contribution in [0, 0.1) is 13.8 Å². The first-order valence-corrected chi connectivity index (χ1v) is 6.25. The van der Waals surface area contributed by atoms with Gasteiger partial charge in [0.25, 0.3) is 5.91 Å². The summed E-state index contributed by atoms with van der Waals surface area (Å²) < 4.78 is 4.86. The van der Waals surface area contributed by atoms with E-state index >= 15 is 0 Å². The van der Waals surface area contributed by atoms with Gasteiger partial charge in [0, 0.05) is 19.9 Å². The molecular weight excluding hydrogens is 258 g/mol. The molecule has 0 fully saturated rings. The highest BCUT2D eigenvalue weighted by Gasteiger charge is 2.11. The molecule has 1 aromatic carbocycles. The summed E-state index contributed by atoms with van der Waals surface area (Å²) in [5.74, 6) is 6.31. The highest BCUT2D eigenvalue weighted by atomic mass is 16.5. The van der Waals surface area contributed by atoms with Crippen molar-refractivity contribution >= 4 is 11.6 Å². The summed E-state index contributed by atoms with van der Waals surface area (Å²) in [7, 11) is 0. The molecule has 4 N–H and O–H groups in total. The molecule has 1 aromatic heterocycles. The van der Waals surface area contributed by atoms with Crippen molar-refractivity contribution in [1.29, 1.82) is 0 Å². The number of carbonyl (C=O) groups excluding carboxylic acids is 1. The van der Waals surface area contributed by atoms with Crippen LogP contribution in [0.1, 0.15) is 27.6 Å². The Hall–Kier alpha value is -2.41. The SMILES string of the molecule is Cc1ccc(C(=O)NCCc2noc(C)n2)c(NN)c1. The number of amides is 1. The van der Waals surface area contributed by atoms with Crippen molar-refractivity contribution in [3.05, 3.63) is 41.0 Å². The zero-order valence-corrected chi connectivity index (χ0v) is 11.4. The van der Waals surface area contributed by atoms with Crippen LogP contribution in [-0.2, 0) is 6.42 Å². The molecule has 0 radical (unpaired) electrons. The van der Waals surface area contributed by atoms with Gasteiger partial charge in [0.1, 0.15) is 0 Å². The number of nitrogens with two attached hydrogens (primary N) is 1. The standard InChI is InChI=1S/C13H17N5O2/c1-8-3-4-10(11(7-8)17-14)13(19)15-6-5-12-16-9(2)20-18-12/h3-4,7,17H,5-6,14H2,1-2H3,(H,15,19). The molecule has 0 aliphatic rings. The van der Waals surface area contributed by atoms with Crippen molar-refractivity contribution in [1.82, 2.24) is 15.5 Å². The van der Waals surface area contributed by atoms with E-state index in [1.165, 1.54) is 0 Å². The summed E-state index contributed by atoms with van der Waals surface area (Å²) in [6, 6.07) is 5.41. The number of hydrogen-bond acceptors (Lipinski definition) is 6. The van der Waals surface area contributed by atoms with E-state index in [1.807, 2.05) is 19.1 Å². The largest absolute Gasteiger partial charge is 0.352 e. The Kier molecular flexibility index (Phi) is 4.31. The maximum absolute atomic E-state index is 12.1. The first-order valence-electron chi connectivity index (χ1n) is 6.25. The van der Waals surface area contributed by atoms with Crippen LogP contribution < -0.4 is 16.6 Å². The minimum atomic E-state index is -0.196. The summed E-state index contributed by atoms with van der Waals surface area (Å²) in [4.78, 5) is 16.1. The number of nitrogen functional groups attached to an aromatic ring is 1. The van der Waals surface area contributed by atoms with Crippen LogP contribution in [0.2, 0.25) is 0 Å². The number of benzene rings is 1. The molecule has 20 heavy (non-hydrogen) atoms. The van der Waals surface area contributed by atoms with Gasteiger partial charge in [-0.3, -0.25) is 10.6 Å². The highest BCUT2D eigenvalue weighted by Crippen LogP contribution is 2.16. The number of aromatic nitrogens is 2. The maximum Gasteiger partial charge on any atom is 0.253 e. The molecule has 1 amide bonds. The lowest BCUT2D eigenvalue weighted by Crippen LogP contribution is -2.27. The number of aryl methyl sites for hydroxylation is 2. The second kappa shape index (κ2) is 6.16. The molecule has 0 atom stereocenters. The van der Waals surface area contributed by atoms with Crippen molar-refractivity contribution in [2.75, 3.05) is 12.0 Å². The number of carbonyl (C=O) groups is 1. The van der Waals surface area contributed by atoms with E-state index < -0.39 is 0 Å². The van der Waals surface area contributed by atoms with Crippen LogP contribution >= 0.6 is 0 Å². The summed E-state index contributed by atoms with van der Waals surface area (Å²) in [5.41, 5.74) is 4.65. The molecular formula is C13H17N5O2. The lowest BCUT2D eigenvalue weighted by Gasteiger charge is -2.10. The van der Waals surface area contributed by atoms with Crippen LogP contribution in [0.5, 0.6) is 0 Å². The number of hydrogen-bond donors (Lipinski definition) is 3. The van der Waals surface area contributed by atoms with Gasteiger partial charge in [0.2, 0.25) is 5.89 Å². The summed E-state index contributed by atoms with van der Waals surface area (Å²) in [6.07, 6.45) is 0.514. The summed E-state index contributed by atoms with van der Waals surface area (Å²) >= 11 is 0. The Morgan fingerprint density at radius 3 is 2.85 bits per heavy atom. The summed E-state index contributed by atoms with van der Waals surface area (Å²) in [5, 5.41) is 6.56. The third-order valence-corrected chi connectivity index (χ3v) is 2.78. The Balaban J connectivity index is 1.95. The quantitative estimate of drug-likeness (QED) is 0.554. The Morgan fingerprint density at radius 2 is 2.20 bits per heavy atom. The molecule has 7 nitrogen and oxygen atoms in total. The van der Waals surface area contributed by atoms with Gasteiger partial charge in [-0.15, -0.1) is 0 Å². The number of hydrazine groups is 1. The molecule has 2 aromatic rings. The molecule has 7 heteroatoms. The zero-order chi connectivity index (χ0) is 14.5. The summed E-state index contributed by atoms with van der Waals surface area (Å²) in [6.45, 7) is 4.08. The van der Waals surface area contributed by atoms with Crippen molar-refractivity contribution < 1.29 is 9.32 Å². The van der Waals surface area contributed by atoms with E-state index in [9.17, 15) is 4.79 Å². The first-order chi connectivity index (χ1) is 9.60. The fraction of sp³-hybridized carbons (Fsp3) is 0.308. The van der Waals surface area contributed by atoms with Crippen LogP contribution in [0.3, 0.4) is 0 Å². The predicted octanol–water partition coefficient (Wildman–Crippen LogP) is 0.945. The van der Waals surface area contributed by atoms with Crippen LogP contribution in [0.25, 0.3) is 0 Å². The Labute approximate surface area is 116 Å². The topological polar surface area (TPSA) is 106 Å². The van der Waals surface area contributed by atoms with Crippen molar-refractivity contribution in [3.63, 3.8) is 0 Å². The second-order valence-electron chi connectivity index (χ2n) is 4.43. The molecule has 0 unspecified atom stereocenters. The van der Waals surface area contributed by atoms with E-state index in [-0.39, 0.29) is 5.91 Å². The molecule has 0 saturated heterocycles. The van der Waals surface area contributed by atoms with Crippen LogP contribution in [0.15, 0.2) is 22.7 Å². The van der Waals surface area contributed by atoms with E-state index in [1.54, 1.807) is 13.0 Å². The molecule has 0 aliphatic carbocycles. The second-order valence-corrected chi connectivity index (χ2v) is 4.43. The molecule has 0 aliphatic heterocycles. The van der Waals surface area contributed by atoms with Crippen molar-refractivity contribution in [3.8, 4) is 0 Å². The molecule has 0 spiro atoms. The Bertz CT molecular complexity index is 609. The number of rotatable bonds is 5. The van der Waals surface area contributed by atoms with E-state index in [4.69, 9.17) is 10.4 Å². The van der Waals surface area contributed by atoms with E-state index in [0.717, 1.165) is 5.56 Å². The minimum Gasteiger partial charge on any atom is -0.352 e. The minimum absolute atomic E-state index is 0.196. The van der Waals surface area contributed by atoms with Gasteiger partial charge in [-0.25, -0.2) is 0 Å². The molecule has 0 saturated carbocycles. The van der Waals surface area contributed by atoms with Crippen molar-refractivity contribution in [2.45, 2.75) is 20.3 Å². The van der Waals surface area contributed by atoms with Crippen LogP contribution in [-0.4, -0.2) is 22.6 Å². The normalized spacial score (nSPS) is 10.3. The van der Waals surface area contributed by atoms with Gasteiger partial charge in [-0.05, 0) is 24.6 Å². The highest BCUT2D eigenvalue weighted by molar-refractivity contribution is 5.99. The molecule has 0 bridgehead atoms. The lowest BCUT2D eigenvalue weighted by atomic mass is 10.1.